The summed E-state index contributed by atoms with van der Waals surface area (Å²) in [4.78, 5) is 0.225. The molecule has 120 valence electrons. The highest BCUT2D eigenvalue weighted by Gasteiger charge is 2.14. The maximum atomic E-state index is 12.1. The highest BCUT2D eigenvalue weighted by atomic mass is 35.5. The topological polar surface area (TPSA) is 58.2 Å². The molecule has 21 heavy (non-hydrogen) atoms. The lowest BCUT2D eigenvalue weighted by Crippen LogP contribution is -2.25. The Labute approximate surface area is 133 Å². The lowest BCUT2D eigenvalue weighted by Gasteiger charge is -2.10. The third-order valence-corrected chi connectivity index (χ3v) is 4.96. The van der Waals surface area contributed by atoms with E-state index in [1.807, 2.05) is 0 Å². The summed E-state index contributed by atoms with van der Waals surface area (Å²) in [5, 5.41) is 3.73. The van der Waals surface area contributed by atoms with Crippen molar-refractivity contribution >= 4 is 21.6 Å². The van der Waals surface area contributed by atoms with Crippen molar-refractivity contribution in [3.8, 4) is 0 Å². The molecule has 6 heteroatoms. The molecule has 0 heterocycles. The van der Waals surface area contributed by atoms with Crippen LogP contribution < -0.4 is 10.0 Å². The normalized spacial score (nSPS) is 11.8. The van der Waals surface area contributed by atoms with Gasteiger partial charge in [-0.2, -0.15) is 0 Å². The predicted octanol–water partition coefficient (Wildman–Crippen LogP) is 3.31. The van der Waals surface area contributed by atoms with Gasteiger partial charge in [0.1, 0.15) is 0 Å². The number of hydrogen-bond acceptors (Lipinski definition) is 3. The fourth-order valence-corrected chi connectivity index (χ4v) is 3.32. The van der Waals surface area contributed by atoms with Crippen LogP contribution in [0, 0.1) is 0 Å². The summed E-state index contributed by atoms with van der Waals surface area (Å²) in [5.41, 5.74) is 0.912. The quantitative estimate of drug-likeness (QED) is 0.646. The van der Waals surface area contributed by atoms with E-state index in [4.69, 9.17) is 11.6 Å². The van der Waals surface area contributed by atoms with Gasteiger partial charge in [-0.15, -0.1) is 0 Å². The molecule has 0 aromatic heterocycles. The fraction of sp³-hybridized carbons (Fsp3) is 0.600. The average molecular weight is 333 g/mol. The van der Waals surface area contributed by atoms with Gasteiger partial charge < -0.3 is 5.32 Å². The minimum Gasteiger partial charge on any atom is -0.313 e. The lowest BCUT2D eigenvalue weighted by atomic mass is 10.2. The zero-order chi connectivity index (χ0) is 15.7. The van der Waals surface area contributed by atoms with Gasteiger partial charge in [0.15, 0.2) is 0 Å². The molecule has 0 fully saturated rings. The van der Waals surface area contributed by atoms with Crippen molar-refractivity contribution in [2.24, 2.45) is 0 Å². The van der Waals surface area contributed by atoms with E-state index in [1.54, 1.807) is 12.1 Å². The zero-order valence-corrected chi connectivity index (χ0v) is 14.4. The second kappa shape index (κ2) is 9.41. The molecule has 0 aliphatic rings. The molecule has 0 unspecified atom stereocenters. The van der Waals surface area contributed by atoms with Gasteiger partial charge in [-0.1, -0.05) is 44.4 Å². The SMILES string of the molecule is CCCCCNS(=O)(=O)c1ccc(CNCCC)c(Cl)c1. The van der Waals surface area contributed by atoms with E-state index in [0.29, 0.717) is 18.1 Å². The van der Waals surface area contributed by atoms with E-state index in [1.165, 1.54) is 6.07 Å². The van der Waals surface area contributed by atoms with Crippen molar-refractivity contribution in [3.05, 3.63) is 28.8 Å². The van der Waals surface area contributed by atoms with E-state index in [2.05, 4.69) is 23.9 Å². The monoisotopic (exact) mass is 332 g/mol. The molecule has 0 atom stereocenters. The first kappa shape index (κ1) is 18.4. The Morgan fingerprint density at radius 1 is 1.10 bits per heavy atom. The third kappa shape index (κ3) is 6.34. The molecule has 1 aromatic rings. The summed E-state index contributed by atoms with van der Waals surface area (Å²) in [7, 11) is -3.46. The van der Waals surface area contributed by atoms with Crippen LogP contribution in [0.2, 0.25) is 5.02 Å². The first-order valence-corrected chi connectivity index (χ1v) is 9.36. The Morgan fingerprint density at radius 2 is 1.86 bits per heavy atom. The molecule has 0 radical (unpaired) electrons. The first-order chi connectivity index (χ1) is 10.0. The second-order valence-electron chi connectivity index (χ2n) is 5.03. The Balaban J connectivity index is 2.68. The molecule has 0 spiro atoms. The van der Waals surface area contributed by atoms with Crippen LogP contribution in [0.4, 0.5) is 0 Å². The van der Waals surface area contributed by atoms with Crippen LogP contribution in [-0.2, 0) is 16.6 Å². The van der Waals surface area contributed by atoms with E-state index in [9.17, 15) is 8.42 Å². The molecular formula is C15H25ClN2O2S. The Morgan fingerprint density at radius 3 is 2.48 bits per heavy atom. The predicted molar refractivity (Wildman–Crippen MR) is 88.2 cm³/mol. The van der Waals surface area contributed by atoms with Crippen LogP contribution in [0.3, 0.4) is 0 Å². The van der Waals surface area contributed by atoms with Gasteiger partial charge in [-0.25, -0.2) is 13.1 Å². The molecule has 2 N–H and O–H groups in total. The highest BCUT2D eigenvalue weighted by molar-refractivity contribution is 7.89. The van der Waals surface area contributed by atoms with Crippen molar-refractivity contribution in [1.82, 2.24) is 10.0 Å². The Kier molecular flexibility index (Phi) is 8.26. The van der Waals surface area contributed by atoms with E-state index >= 15 is 0 Å². The maximum Gasteiger partial charge on any atom is 0.240 e. The number of rotatable bonds is 10. The van der Waals surface area contributed by atoms with Crippen molar-refractivity contribution in [1.29, 1.82) is 0 Å². The molecule has 0 bridgehead atoms. The van der Waals surface area contributed by atoms with Gasteiger partial charge in [0.05, 0.1) is 4.90 Å². The van der Waals surface area contributed by atoms with Crippen molar-refractivity contribution < 1.29 is 8.42 Å². The van der Waals surface area contributed by atoms with Gasteiger partial charge in [0, 0.05) is 18.1 Å². The fourth-order valence-electron chi connectivity index (χ4n) is 1.90. The molecular weight excluding hydrogens is 308 g/mol. The maximum absolute atomic E-state index is 12.1. The average Bonchev–Trinajstić information content (AvgIpc) is 2.45. The van der Waals surface area contributed by atoms with Crippen LogP contribution in [0.1, 0.15) is 45.1 Å². The minimum atomic E-state index is -3.46. The summed E-state index contributed by atoms with van der Waals surface area (Å²) >= 11 is 6.17. The number of benzene rings is 1. The number of unbranched alkanes of at least 4 members (excludes halogenated alkanes) is 2. The lowest BCUT2D eigenvalue weighted by molar-refractivity contribution is 0.576. The third-order valence-electron chi connectivity index (χ3n) is 3.15. The Hall–Kier alpha value is -0.620. The van der Waals surface area contributed by atoms with E-state index in [0.717, 1.165) is 37.8 Å². The van der Waals surface area contributed by atoms with E-state index < -0.39 is 10.0 Å². The zero-order valence-electron chi connectivity index (χ0n) is 12.8. The van der Waals surface area contributed by atoms with Gasteiger partial charge >= 0.3 is 0 Å². The molecule has 0 aliphatic heterocycles. The van der Waals surface area contributed by atoms with Crippen molar-refractivity contribution in [2.75, 3.05) is 13.1 Å². The molecule has 4 nitrogen and oxygen atoms in total. The number of sulfonamides is 1. The Bertz CT molecular complexity index is 532. The standard InChI is InChI=1S/C15H25ClN2O2S/c1-3-5-6-10-18-21(19,20)14-8-7-13(15(16)11-14)12-17-9-4-2/h7-8,11,17-18H,3-6,9-10,12H2,1-2H3. The summed E-state index contributed by atoms with van der Waals surface area (Å²) in [6.45, 7) is 6.20. The van der Waals surface area contributed by atoms with Crippen LogP contribution in [0.25, 0.3) is 0 Å². The molecule has 1 rings (SSSR count). The highest BCUT2D eigenvalue weighted by Crippen LogP contribution is 2.20. The molecule has 0 aliphatic carbocycles. The summed E-state index contributed by atoms with van der Waals surface area (Å²) in [6.07, 6.45) is 3.98. The van der Waals surface area contributed by atoms with Gasteiger partial charge in [-0.05, 0) is 37.1 Å². The largest absolute Gasteiger partial charge is 0.313 e. The van der Waals surface area contributed by atoms with Crippen LogP contribution in [0.5, 0.6) is 0 Å². The van der Waals surface area contributed by atoms with Gasteiger partial charge in [0.2, 0.25) is 10.0 Å². The smallest absolute Gasteiger partial charge is 0.240 e. The minimum absolute atomic E-state index is 0.225. The first-order valence-electron chi connectivity index (χ1n) is 7.50. The molecule has 0 saturated carbocycles. The number of hydrogen-bond donors (Lipinski definition) is 2. The van der Waals surface area contributed by atoms with Crippen LogP contribution >= 0.6 is 11.6 Å². The molecule has 0 amide bonds. The van der Waals surface area contributed by atoms with Gasteiger partial charge in [-0.3, -0.25) is 0 Å². The van der Waals surface area contributed by atoms with Crippen molar-refractivity contribution in [3.63, 3.8) is 0 Å². The summed E-state index contributed by atoms with van der Waals surface area (Å²) in [6, 6.07) is 4.90. The summed E-state index contributed by atoms with van der Waals surface area (Å²) < 4.78 is 26.9. The van der Waals surface area contributed by atoms with Crippen LogP contribution in [0.15, 0.2) is 23.1 Å². The van der Waals surface area contributed by atoms with Gasteiger partial charge in [0.25, 0.3) is 0 Å². The number of halogens is 1. The molecule has 1 aromatic carbocycles. The van der Waals surface area contributed by atoms with Crippen molar-refractivity contribution in [2.45, 2.75) is 51.0 Å². The second-order valence-corrected chi connectivity index (χ2v) is 7.21. The van der Waals surface area contributed by atoms with Crippen LogP contribution in [-0.4, -0.2) is 21.5 Å². The van der Waals surface area contributed by atoms with E-state index in [-0.39, 0.29) is 4.90 Å². The molecule has 0 saturated heterocycles. The summed E-state index contributed by atoms with van der Waals surface area (Å²) in [5.74, 6) is 0. The number of nitrogens with one attached hydrogen (secondary N) is 2.